The van der Waals surface area contributed by atoms with E-state index in [0.29, 0.717) is 0 Å². The number of hydrogen-bond acceptors (Lipinski definition) is 4. The van der Waals surface area contributed by atoms with Gasteiger partial charge in [-0.05, 0) is 151 Å². The van der Waals surface area contributed by atoms with E-state index < -0.39 is 0 Å². The van der Waals surface area contributed by atoms with Gasteiger partial charge in [0.05, 0.1) is 57.3 Å². The van der Waals surface area contributed by atoms with E-state index in [0.717, 1.165) is 189 Å². The molecule has 1 aliphatic heterocycles. The number of para-hydroxylation sites is 2. The predicted octanol–water partition coefficient (Wildman–Crippen LogP) is 20.7. The van der Waals surface area contributed by atoms with E-state index in [1.165, 1.54) is 22.2 Å². The Morgan fingerprint density at radius 1 is 0.404 bits per heavy atom. The van der Waals surface area contributed by atoms with Crippen molar-refractivity contribution < 1.29 is 14.2 Å². The highest BCUT2D eigenvalue weighted by Gasteiger charge is 2.31. The van der Waals surface area contributed by atoms with Crippen molar-refractivity contribution in [2.24, 2.45) is 0 Å². The summed E-state index contributed by atoms with van der Waals surface area (Å²) in [6, 6.07) is 94.9. The third kappa shape index (κ3) is 8.67. The molecule has 0 saturated carbocycles. The lowest BCUT2D eigenvalue weighted by Crippen LogP contribution is -2.83. The maximum absolute atomic E-state index is 7.38. The number of nitrogens with zero attached hydrogens (tertiary/aromatic N) is 5. The Labute approximate surface area is 543 Å². The number of anilines is 1. The zero-order valence-electron chi connectivity index (χ0n) is 51.7. The van der Waals surface area contributed by atoms with Crippen LogP contribution in [0.25, 0.3) is 150 Å². The highest BCUT2D eigenvalue weighted by atomic mass is 16.3. The first-order valence-electron chi connectivity index (χ1n) is 32.9. The Kier molecular flexibility index (Phi) is 12.7. The van der Waals surface area contributed by atoms with Gasteiger partial charge in [-0.25, -0.2) is 4.98 Å². The van der Waals surface area contributed by atoms with Crippen LogP contribution in [-0.2, 0) is 6.42 Å². The van der Waals surface area contributed by atoms with Crippen molar-refractivity contribution in [3.8, 4) is 73.2 Å². The third-order valence-electron chi connectivity index (χ3n) is 19.9. The van der Waals surface area contributed by atoms with Gasteiger partial charge < -0.3 is 28.2 Å². The summed E-state index contributed by atoms with van der Waals surface area (Å²) in [5, 5.41) is 9.07. The molecule has 8 nitrogen and oxygen atoms in total. The first-order valence-corrected chi connectivity index (χ1v) is 32.9. The third-order valence-corrected chi connectivity index (χ3v) is 19.9. The average Bonchev–Trinajstić information content (AvgIpc) is 1.62. The van der Waals surface area contributed by atoms with E-state index in [1.54, 1.807) is 0 Å². The molecule has 0 amide bonds. The second kappa shape index (κ2) is 22.0. The Hall–Kier alpha value is -11.7. The van der Waals surface area contributed by atoms with Gasteiger partial charge in [0.2, 0.25) is 0 Å². The average molecular weight is 1210 g/mol. The van der Waals surface area contributed by atoms with Gasteiger partial charge in [0, 0.05) is 72.1 Å². The number of allylic oxidation sites excluding steroid dienone is 5. The van der Waals surface area contributed by atoms with Crippen molar-refractivity contribution in [3.63, 3.8) is 0 Å². The summed E-state index contributed by atoms with van der Waals surface area (Å²) in [4.78, 5) is 7.92. The summed E-state index contributed by atoms with van der Waals surface area (Å²) >= 11 is 0. The quantitative estimate of drug-likeness (QED) is 0.140. The summed E-state index contributed by atoms with van der Waals surface area (Å²) < 4.78 is 21.9. The molecule has 3 aliphatic rings. The molecule has 19 rings (SSSR count). The zero-order valence-corrected chi connectivity index (χ0v) is 51.7. The standard InChI is InChI=1S/C86H62N6O2/c1-6-21-56(22-7-1)77-68-47-50-76-80(84(68)94-81(77)58-23-8-2-9-24-58)70-54-61(41-48-73(70)91(76)66-32-20-29-62(53-66)86-88-71-34-17-19-36-74(71)92(86)64-30-14-5-15-31-64)55-37-39-57(40-38-55)78-69-46-49-75-79(83(69)93-82(78)59-25-10-3-11-26-59)67-33-16-18-35-72(67)90(75)65-44-42-63(43-45-65)89-52-51-87-85(89)60-27-12-4-13-28-60/h1-10,12-16,18-25,27-33,35-50,53-54,85,87H,11,17,26,34,51-52H2/p+1. The SMILES string of the molecule is C1=CCCC(c2oc3c(ccc4c3c3ccccc3n4-c3ccc(N4CC[NH2+]C4c4ccccc4)cc3)c2-c2ccc(-c3ccc4c(c3)c3c5oc(-c6ccccc6)c(-c6ccccc6)c5ccc3n4-c3cccc(-c4nc5c(n4-c4ccccc4)C=CCC5)c3)cc2)=C1. The van der Waals surface area contributed by atoms with Crippen molar-refractivity contribution in [1.82, 2.24) is 18.7 Å². The van der Waals surface area contributed by atoms with E-state index in [4.69, 9.17) is 13.8 Å². The second-order valence-electron chi connectivity index (χ2n) is 25.2. The van der Waals surface area contributed by atoms with Gasteiger partial charge in [0.25, 0.3) is 0 Å². The molecule has 11 aromatic carbocycles. The van der Waals surface area contributed by atoms with Crippen LogP contribution < -0.4 is 10.2 Å². The topological polar surface area (TPSA) is 73.8 Å². The monoisotopic (exact) mass is 1210 g/mol. The predicted molar refractivity (Wildman–Crippen MR) is 386 cm³/mol. The van der Waals surface area contributed by atoms with Crippen LogP contribution in [0, 0.1) is 0 Å². The molecule has 1 fully saturated rings. The minimum Gasteiger partial charge on any atom is -0.455 e. The molecule has 16 aromatic rings. The Morgan fingerprint density at radius 2 is 0.979 bits per heavy atom. The fourth-order valence-corrected chi connectivity index (χ4v) is 15.6. The van der Waals surface area contributed by atoms with E-state index in [9.17, 15) is 0 Å². The summed E-state index contributed by atoms with van der Waals surface area (Å²) in [6.07, 6.45) is 15.2. The smallest absolute Gasteiger partial charge is 0.188 e. The van der Waals surface area contributed by atoms with Crippen molar-refractivity contribution in [2.75, 3.05) is 18.0 Å². The van der Waals surface area contributed by atoms with Crippen molar-refractivity contribution in [1.29, 1.82) is 0 Å². The molecule has 0 radical (unpaired) electrons. The van der Waals surface area contributed by atoms with Gasteiger partial charge in [0.1, 0.15) is 28.5 Å². The van der Waals surface area contributed by atoms with Crippen LogP contribution in [-0.4, -0.2) is 31.8 Å². The van der Waals surface area contributed by atoms with Crippen LogP contribution in [0.1, 0.15) is 48.1 Å². The minimum absolute atomic E-state index is 0.257. The first kappa shape index (κ1) is 54.1. The molecular weight excluding hydrogens is 1150 g/mol. The molecule has 6 heterocycles. The fourth-order valence-electron chi connectivity index (χ4n) is 15.6. The summed E-state index contributed by atoms with van der Waals surface area (Å²) in [5.74, 6) is 2.72. The number of hydrogen-bond donors (Lipinski definition) is 1. The van der Waals surface area contributed by atoms with Crippen LogP contribution in [0.2, 0.25) is 0 Å². The molecule has 5 aromatic heterocycles. The number of furan rings is 2. The summed E-state index contributed by atoms with van der Waals surface area (Å²) in [7, 11) is 0. The van der Waals surface area contributed by atoms with Gasteiger partial charge in [-0.3, -0.25) is 4.57 Å². The van der Waals surface area contributed by atoms with Gasteiger partial charge in [-0.1, -0.05) is 194 Å². The number of fused-ring (bicyclic) bond motifs is 11. The van der Waals surface area contributed by atoms with E-state index in [2.05, 4.69) is 315 Å². The van der Waals surface area contributed by atoms with Crippen molar-refractivity contribution >= 4 is 82.9 Å². The largest absolute Gasteiger partial charge is 0.455 e. The lowest BCUT2D eigenvalue weighted by Gasteiger charge is -2.23. The van der Waals surface area contributed by atoms with Crippen molar-refractivity contribution in [2.45, 2.75) is 31.8 Å². The second-order valence-corrected chi connectivity index (χ2v) is 25.2. The maximum Gasteiger partial charge on any atom is 0.188 e. The van der Waals surface area contributed by atoms with Crippen LogP contribution in [0.3, 0.4) is 0 Å². The number of quaternary nitrogens is 1. The molecule has 1 unspecified atom stereocenters. The number of nitrogens with two attached hydrogens (primary N) is 1. The number of rotatable bonds is 11. The molecule has 448 valence electrons. The van der Waals surface area contributed by atoms with Crippen molar-refractivity contribution in [3.05, 3.63) is 308 Å². The van der Waals surface area contributed by atoms with Crippen LogP contribution >= 0.6 is 0 Å². The highest BCUT2D eigenvalue weighted by Crippen LogP contribution is 2.49. The normalized spacial score (nSPS) is 14.8. The van der Waals surface area contributed by atoms with Gasteiger partial charge in [0.15, 0.2) is 6.17 Å². The van der Waals surface area contributed by atoms with Gasteiger partial charge in [-0.2, -0.15) is 0 Å². The maximum atomic E-state index is 7.38. The van der Waals surface area contributed by atoms with Gasteiger partial charge >= 0.3 is 0 Å². The molecule has 0 spiro atoms. The molecule has 2 N–H and O–H groups in total. The Morgan fingerprint density at radius 3 is 1.73 bits per heavy atom. The Bertz CT molecular complexity index is 5740. The molecule has 1 atom stereocenters. The lowest BCUT2D eigenvalue weighted by atomic mass is 9.93. The number of aromatic nitrogens is 4. The van der Waals surface area contributed by atoms with Crippen LogP contribution in [0.5, 0.6) is 0 Å². The fraction of sp³-hybridized carbons (Fsp3) is 0.0814. The molecule has 94 heavy (non-hydrogen) atoms. The molecule has 0 bridgehead atoms. The zero-order chi connectivity index (χ0) is 61.8. The number of aryl methyl sites for hydroxylation is 1. The van der Waals surface area contributed by atoms with E-state index >= 15 is 0 Å². The molecule has 1 saturated heterocycles. The minimum atomic E-state index is 0.257. The van der Waals surface area contributed by atoms with Crippen LogP contribution in [0.4, 0.5) is 5.69 Å². The van der Waals surface area contributed by atoms with E-state index in [-0.39, 0.29) is 6.17 Å². The summed E-state index contributed by atoms with van der Waals surface area (Å²) in [6.45, 7) is 2.06. The van der Waals surface area contributed by atoms with Crippen LogP contribution in [0.15, 0.2) is 294 Å². The first-order chi connectivity index (χ1) is 46.6. The summed E-state index contributed by atoms with van der Waals surface area (Å²) in [5.41, 5.74) is 24.2. The lowest BCUT2D eigenvalue weighted by molar-refractivity contribution is -0.674. The molecule has 8 heteroatoms. The Balaban J connectivity index is 0.757. The number of benzene rings is 11. The highest BCUT2D eigenvalue weighted by molar-refractivity contribution is 6.24. The van der Waals surface area contributed by atoms with Gasteiger partial charge in [-0.15, -0.1) is 0 Å². The number of imidazole rings is 1. The van der Waals surface area contributed by atoms with E-state index in [1.807, 2.05) is 0 Å². The molecule has 2 aliphatic carbocycles. The molecular formula is C86H63N6O2+.